The van der Waals surface area contributed by atoms with Crippen LogP contribution in [0.4, 0.5) is 4.39 Å². The average Bonchev–Trinajstić information content (AvgIpc) is 2.37. The number of carbonyl (C=O) groups is 1. The summed E-state index contributed by atoms with van der Waals surface area (Å²) in [5.41, 5.74) is 0.968. The number of nitrogens with one attached hydrogen (secondary N) is 1. The van der Waals surface area contributed by atoms with Crippen molar-refractivity contribution in [1.29, 1.82) is 0 Å². The van der Waals surface area contributed by atoms with E-state index in [4.69, 9.17) is 0 Å². The monoisotopic (exact) mass is 341 g/mol. The lowest BCUT2D eigenvalue weighted by Crippen LogP contribution is -2.52. The van der Waals surface area contributed by atoms with E-state index in [-0.39, 0.29) is 17.3 Å². The Balaban J connectivity index is 2.16. The van der Waals surface area contributed by atoms with Gasteiger partial charge in [0.05, 0.1) is 5.54 Å². The first-order chi connectivity index (χ1) is 9.44. The summed E-state index contributed by atoms with van der Waals surface area (Å²) in [5, 5.41) is 3.87. The zero-order valence-electron chi connectivity index (χ0n) is 12.0. The number of rotatable bonds is 3. The Morgan fingerprint density at radius 2 is 2.25 bits per heavy atom. The molecule has 1 amide bonds. The predicted molar refractivity (Wildman–Crippen MR) is 82.8 cm³/mol. The third-order valence-corrected chi connectivity index (χ3v) is 5.10. The van der Waals surface area contributed by atoms with Crippen LogP contribution < -0.4 is 5.32 Å². The van der Waals surface area contributed by atoms with Crippen LogP contribution in [0, 0.1) is 18.7 Å². The van der Waals surface area contributed by atoms with Crippen molar-refractivity contribution in [2.24, 2.45) is 5.92 Å². The molecule has 1 aromatic carbocycles. The van der Waals surface area contributed by atoms with Gasteiger partial charge < -0.3 is 5.32 Å². The smallest absolute Gasteiger partial charge is 0.251 e. The highest BCUT2D eigenvalue weighted by atomic mass is 79.9. The molecule has 2 rings (SSSR count). The summed E-state index contributed by atoms with van der Waals surface area (Å²) in [6, 6.07) is 4.46. The van der Waals surface area contributed by atoms with Gasteiger partial charge in [0.15, 0.2) is 0 Å². The average molecular weight is 342 g/mol. The number of halogens is 2. The van der Waals surface area contributed by atoms with Gasteiger partial charge in [-0.1, -0.05) is 35.7 Å². The Hall–Kier alpha value is -0.900. The maximum atomic E-state index is 13.4. The molecule has 2 unspecified atom stereocenters. The molecule has 1 aromatic rings. The highest BCUT2D eigenvalue weighted by Gasteiger charge is 2.35. The van der Waals surface area contributed by atoms with Gasteiger partial charge in [-0.25, -0.2) is 4.39 Å². The number of carbonyl (C=O) groups excluding carboxylic acids is 1. The Labute approximate surface area is 128 Å². The fourth-order valence-corrected chi connectivity index (χ4v) is 3.76. The van der Waals surface area contributed by atoms with Gasteiger partial charge in [0.2, 0.25) is 0 Å². The van der Waals surface area contributed by atoms with E-state index in [0.29, 0.717) is 11.5 Å². The molecule has 2 nitrogen and oxygen atoms in total. The lowest BCUT2D eigenvalue weighted by Gasteiger charge is -2.39. The fraction of sp³-hybridized carbons (Fsp3) is 0.562. The molecule has 110 valence electrons. The molecule has 1 aliphatic rings. The van der Waals surface area contributed by atoms with Crippen molar-refractivity contribution in [1.82, 2.24) is 5.32 Å². The normalized spacial score (nSPS) is 26.3. The number of hydrogen-bond acceptors (Lipinski definition) is 1. The molecule has 0 aromatic heterocycles. The van der Waals surface area contributed by atoms with Gasteiger partial charge in [0.25, 0.3) is 5.91 Å². The van der Waals surface area contributed by atoms with Crippen molar-refractivity contribution >= 4 is 21.8 Å². The van der Waals surface area contributed by atoms with Crippen LogP contribution in [0.5, 0.6) is 0 Å². The van der Waals surface area contributed by atoms with E-state index in [1.54, 1.807) is 13.0 Å². The number of benzene rings is 1. The third-order valence-electron chi connectivity index (χ3n) is 4.03. The summed E-state index contributed by atoms with van der Waals surface area (Å²) in [4.78, 5) is 12.4. The molecule has 0 aliphatic heterocycles. The maximum absolute atomic E-state index is 13.4. The van der Waals surface area contributed by atoms with E-state index >= 15 is 0 Å². The molecule has 0 bridgehead atoms. The van der Waals surface area contributed by atoms with Gasteiger partial charge in [0.1, 0.15) is 5.82 Å². The molecular weight excluding hydrogens is 321 g/mol. The second-order valence-corrected chi connectivity index (χ2v) is 6.65. The molecule has 1 fully saturated rings. The van der Waals surface area contributed by atoms with Crippen LogP contribution in [0.3, 0.4) is 0 Å². The number of hydrogen-bond donors (Lipinski definition) is 1. The summed E-state index contributed by atoms with van der Waals surface area (Å²) < 4.78 is 13.4. The maximum Gasteiger partial charge on any atom is 0.251 e. The zero-order chi connectivity index (χ0) is 14.8. The van der Waals surface area contributed by atoms with Gasteiger partial charge in [-0.2, -0.15) is 0 Å². The standard InChI is InChI=1S/C16H21BrFNO/c1-11-4-3-5-16(9-11,10-17)19-15(20)13-6-12(2)7-14(18)8-13/h6-8,11H,3-5,9-10H2,1-2H3,(H,19,20). The molecular formula is C16H21BrFNO. The van der Waals surface area contributed by atoms with E-state index < -0.39 is 0 Å². The SMILES string of the molecule is Cc1cc(F)cc(C(=O)NC2(CBr)CCCC(C)C2)c1. The van der Waals surface area contributed by atoms with Crippen molar-refractivity contribution in [3.63, 3.8) is 0 Å². The van der Waals surface area contributed by atoms with Crippen molar-refractivity contribution in [3.8, 4) is 0 Å². The summed E-state index contributed by atoms with van der Waals surface area (Å²) in [6.07, 6.45) is 4.28. The van der Waals surface area contributed by atoms with Crippen LogP contribution in [-0.2, 0) is 0 Å². The quantitative estimate of drug-likeness (QED) is 0.820. The van der Waals surface area contributed by atoms with Gasteiger partial charge >= 0.3 is 0 Å². The highest BCUT2D eigenvalue weighted by molar-refractivity contribution is 9.09. The van der Waals surface area contributed by atoms with Crippen LogP contribution in [-0.4, -0.2) is 16.8 Å². The van der Waals surface area contributed by atoms with Crippen LogP contribution in [0.25, 0.3) is 0 Å². The zero-order valence-corrected chi connectivity index (χ0v) is 13.6. The van der Waals surface area contributed by atoms with E-state index in [0.717, 1.165) is 30.2 Å². The van der Waals surface area contributed by atoms with Crippen molar-refractivity contribution in [2.75, 3.05) is 5.33 Å². The van der Waals surface area contributed by atoms with E-state index in [1.165, 1.54) is 18.6 Å². The van der Waals surface area contributed by atoms with Crippen molar-refractivity contribution in [3.05, 3.63) is 35.1 Å². The topological polar surface area (TPSA) is 29.1 Å². The fourth-order valence-electron chi connectivity index (χ4n) is 3.11. The van der Waals surface area contributed by atoms with Crippen LogP contribution in [0.2, 0.25) is 0 Å². The second kappa shape index (κ2) is 6.25. The van der Waals surface area contributed by atoms with Gasteiger partial charge in [0, 0.05) is 10.9 Å². The summed E-state index contributed by atoms with van der Waals surface area (Å²) in [5.74, 6) is 0.0667. The van der Waals surface area contributed by atoms with Crippen molar-refractivity contribution < 1.29 is 9.18 Å². The Kier molecular flexibility index (Phi) is 4.84. The molecule has 1 aliphatic carbocycles. The number of amides is 1. The molecule has 2 atom stereocenters. The lowest BCUT2D eigenvalue weighted by atomic mass is 9.77. The van der Waals surface area contributed by atoms with Crippen LogP contribution in [0.15, 0.2) is 18.2 Å². The first-order valence-corrected chi connectivity index (χ1v) is 8.22. The largest absolute Gasteiger partial charge is 0.346 e. The minimum Gasteiger partial charge on any atom is -0.346 e. The highest BCUT2D eigenvalue weighted by Crippen LogP contribution is 2.33. The predicted octanol–water partition coefficient (Wildman–Crippen LogP) is 4.21. The van der Waals surface area contributed by atoms with E-state index in [2.05, 4.69) is 28.2 Å². The van der Waals surface area contributed by atoms with Crippen molar-refractivity contribution in [2.45, 2.75) is 45.1 Å². The van der Waals surface area contributed by atoms with Crippen LogP contribution in [0.1, 0.15) is 48.5 Å². The van der Waals surface area contributed by atoms with Crippen LogP contribution >= 0.6 is 15.9 Å². The Morgan fingerprint density at radius 3 is 2.85 bits per heavy atom. The summed E-state index contributed by atoms with van der Waals surface area (Å²) >= 11 is 3.54. The minimum absolute atomic E-state index is 0.179. The lowest BCUT2D eigenvalue weighted by molar-refractivity contribution is 0.0869. The van der Waals surface area contributed by atoms with Gasteiger partial charge in [-0.3, -0.25) is 4.79 Å². The van der Waals surface area contributed by atoms with E-state index in [9.17, 15) is 9.18 Å². The molecule has 0 heterocycles. The van der Waals surface area contributed by atoms with E-state index in [1.807, 2.05) is 0 Å². The summed E-state index contributed by atoms with van der Waals surface area (Å²) in [6.45, 7) is 4.01. The molecule has 0 radical (unpaired) electrons. The number of aryl methyl sites for hydroxylation is 1. The molecule has 1 N–H and O–H groups in total. The molecule has 0 saturated heterocycles. The first-order valence-electron chi connectivity index (χ1n) is 7.10. The molecule has 0 spiro atoms. The molecule has 4 heteroatoms. The summed E-state index contributed by atoms with van der Waals surface area (Å²) in [7, 11) is 0. The first kappa shape index (κ1) is 15.5. The molecule has 1 saturated carbocycles. The Morgan fingerprint density at radius 1 is 1.50 bits per heavy atom. The van der Waals surface area contributed by atoms with Gasteiger partial charge in [-0.05, 0) is 49.4 Å². The Bertz CT molecular complexity index is 485. The second-order valence-electron chi connectivity index (χ2n) is 6.09. The number of alkyl halides is 1. The third kappa shape index (κ3) is 3.60. The van der Waals surface area contributed by atoms with Gasteiger partial charge in [-0.15, -0.1) is 0 Å². The minimum atomic E-state index is -0.361. The molecule has 20 heavy (non-hydrogen) atoms.